The molecule has 0 aliphatic heterocycles. The topological polar surface area (TPSA) is 59.4 Å². The summed E-state index contributed by atoms with van der Waals surface area (Å²) >= 11 is 1.02. The quantitative estimate of drug-likeness (QED) is 0.639. The number of rotatable bonds is 6. The number of carboxylic acid groups (broad SMARTS) is 1. The van der Waals surface area contributed by atoms with Crippen LogP contribution in [0.15, 0.2) is 54.6 Å². The highest BCUT2D eigenvalue weighted by Gasteiger charge is 2.17. The second-order valence-electron chi connectivity index (χ2n) is 5.15. The zero-order valence-electron chi connectivity index (χ0n) is 13.3. The minimum absolute atomic E-state index is 0.0389. The Bertz CT molecular complexity index is 939. The molecule has 0 atom stereocenters. The number of alkyl halides is 2. The van der Waals surface area contributed by atoms with Crippen LogP contribution in [0.2, 0.25) is 0 Å². The van der Waals surface area contributed by atoms with E-state index in [-0.39, 0.29) is 10.6 Å². The monoisotopic (exact) mass is 373 g/mol. The number of halogens is 2. The summed E-state index contributed by atoms with van der Waals surface area (Å²) in [7, 11) is 0. The fourth-order valence-corrected chi connectivity index (χ4v) is 3.16. The Balaban J connectivity index is 1.94. The third-order valence-electron chi connectivity index (χ3n) is 3.43. The average Bonchev–Trinajstić information content (AvgIpc) is 3.06. The van der Waals surface area contributed by atoms with Crippen molar-refractivity contribution in [2.75, 3.05) is 0 Å². The molecule has 0 fully saturated rings. The predicted octanol–water partition coefficient (Wildman–Crippen LogP) is 5.28. The highest BCUT2D eigenvalue weighted by atomic mass is 32.1. The molecular weight excluding hydrogens is 360 g/mol. The molecule has 0 bridgehead atoms. The molecule has 1 heterocycles. The van der Waals surface area contributed by atoms with Crippen LogP contribution in [0.4, 0.5) is 8.78 Å². The Morgan fingerprint density at radius 3 is 2.46 bits per heavy atom. The molecule has 4 nitrogen and oxygen atoms in total. The first kappa shape index (κ1) is 17.8. The van der Waals surface area contributed by atoms with Gasteiger partial charge in [-0.05, 0) is 18.2 Å². The predicted molar refractivity (Wildman–Crippen MR) is 96.5 cm³/mol. The molecule has 26 heavy (non-hydrogen) atoms. The Morgan fingerprint density at radius 2 is 1.77 bits per heavy atom. The minimum atomic E-state index is -2.92. The van der Waals surface area contributed by atoms with Crippen molar-refractivity contribution in [1.29, 1.82) is 0 Å². The SMILES string of the molecule is O=C(O)c1sc(/C=C/c2ccccc2OC(F)F)nc1-c1ccccc1. The van der Waals surface area contributed by atoms with Crippen LogP contribution >= 0.6 is 11.3 Å². The summed E-state index contributed by atoms with van der Waals surface area (Å²) in [5.41, 5.74) is 1.52. The van der Waals surface area contributed by atoms with Gasteiger partial charge in [0.2, 0.25) is 0 Å². The maximum atomic E-state index is 12.5. The number of aromatic carboxylic acids is 1. The van der Waals surface area contributed by atoms with Gasteiger partial charge >= 0.3 is 12.6 Å². The van der Waals surface area contributed by atoms with E-state index in [9.17, 15) is 18.7 Å². The molecule has 132 valence electrons. The van der Waals surface area contributed by atoms with E-state index in [0.29, 0.717) is 21.8 Å². The number of aromatic nitrogens is 1. The summed E-state index contributed by atoms with van der Waals surface area (Å²) in [5.74, 6) is -1.03. The first-order valence-electron chi connectivity index (χ1n) is 7.56. The lowest BCUT2D eigenvalue weighted by atomic mass is 10.1. The molecule has 0 unspecified atom stereocenters. The molecule has 0 aliphatic rings. The van der Waals surface area contributed by atoms with Crippen molar-refractivity contribution in [1.82, 2.24) is 4.98 Å². The van der Waals surface area contributed by atoms with E-state index in [1.165, 1.54) is 6.07 Å². The normalized spacial score (nSPS) is 11.2. The van der Waals surface area contributed by atoms with E-state index >= 15 is 0 Å². The maximum absolute atomic E-state index is 12.5. The number of carbonyl (C=O) groups is 1. The van der Waals surface area contributed by atoms with Crippen LogP contribution in [0.3, 0.4) is 0 Å². The Kier molecular flexibility index (Phi) is 5.38. The fraction of sp³-hybridized carbons (Fsp3) is 0.0526. The molecule has 0 amide bonds. The van der Waals surface area contributed by atoms with Crippen molar-refractivity contribution in [2.45, 2.75) is 6.61 Å². The van der Waals surface area contributed by atoms with Gasteiger partial charge in [0.05, 0.1) is 5.69 Å². The van der Waals surface area contributed by atoms with Crippen molar-refractivity contribution in [3.8, 4) is 17.0 Å². The van der Waals surface area contributed by atoms with Crippen molar-refractivity contribution < 1.29 is 23.4 Å². The number of benzene rings is 2. The van der Waals surface area contributed by atoms with Gasteiger partial charge in [-0.25, -0.2) is 9.78 Å². The molecule has 0 radical (unpaired) electrons. The number of hydrogen-bond donors (Lipinski definition) is 1. The third-order valence-corrected chi connectivity index (χ3v) is 4.43. The number of carboxylic acids is 1. The van der Waals surface area contributed by atoms with Gasteiger partial charge in [0, 0.05) is 11.1 Å². The second-order valence-corrected chi connectivity index (χ2v) is 6.18. The van der Waals surface area contributed by atoms with Crippen molar-refractivity contribution in [3.63, 3.8) is 0 Å². The molecule has 1 aromatic heterocycles. The lowest BCUT2D eigenvalue weighted by Crippen LogP contribution is -2.02. The van der Waals surface area contributed by atoms with Gasteiger partial charge in [0.15, 0.2) is 0 Å². The summed E-state index contributed by atoms with van der Waals surface area (Å²) < 4.78 is 29.4. The van der Waals surface area contributed by atoms with Gasteiger partial charge in [0.25, 0.3) is 0 Å². The van der Waals surface area contributed by atoms with E-state index < -0.39 is 12.6 Å². The standard InChI is InChI=1S/C19H13F2NO3S/c20-19(21)25-14-9-5-4-6-12(14)10-11-15-22-16(17(26-15)18(23)24)13-7-2-1-3-8-13/h1-11,19H,(H,23,24)/b11-10+. The number of para-hydroxylation sites is 1. The molecule has 2 aromatic carbocycles. The highest BCUT2D eigenvalue weighted by Crippen LogP contribution is 2.30. The van der Waals surface area contributed by atoms with Crippen LogP contribution in [0.5, 0.6) is 5.75 Å². The van der Waals surface area contributed by atoms with Gasteiger partial charge in [-0.15, -0.1) is 11.3 Å². The van der Waals surface area contributed by atoms with Gasteiger partial charge < -0.3 is 9.84 Å². The Morgan fingerprint density at radius 1 is 1.08 bits per heavy atom. The molecule has 3 rings (SSSR count). The lowest BCUT2D eigenvalue weighted by molar-refractivity contribution is -0.0499. The van der Waals surface area contributed by atoms with Gasteiger partial charge in [-0.1, -0.05) is 48.5 Å². The molecule has 0 spiro atoms. The largest absolute Gasteiger partial charge is 0.477 e. The van der Waals surface area contributed by atoms with E-state index in [1.54, 1.807) is 54.6 Å². The Hall–Kier alpha value is -3.06. The fourth-order valence-electron chi connectivity index (χ4n) is 2.33. The summed E-state index contributed by atoms with van der Waals surface area (Å²) in [6.45, 7) is -2.92. The second kappa shape index (κ2) is 7.88. The number of thiazole rings is 1. The first-order valence-corrected chi connectivity index (χ1v) is 8.37. The molecule has 0 saturated carbocycles. The molecule has 1 N–H and O–H groups in total. The Labute approximate surface area is 152 Å². The van der Waals surface area contributed by atoms with Gasteiger partial charge in [-0.2, -0.15) is 8.78 Å². The van der Waals surface area contributed by atoms with Crippen molar-refractivity contribution in [2.24, 2.45) is 0 Å². The summed E-state index contributed by atoms with van der Waals surface area (Å²) in [4.78, 5) is 16.0. The molecule has 7 heteroatoms. The minimum Gasteiger partial charge on any atom is -0.477 e. The average molecular weight is 373 g/mol. The van der Waals surface area contributed by atoms with Crippen molar-refractivity contribution in [3.05, 3.63) is 70.0 Å². The summed E-state index contributed by atoms with van der Waals surface area (Å²) in [5, 5.41) is 9.86. The van der Waals surface area contributed by atoms with Crippen LogP contribution in [-0.4, -0.2) is 22.7 Å². The number of ether oxygens (including phenoxy) is 1. The summed E-state index contributed by atoms with van der Waals surface area (Å²) in [6.07, 6.45) is 3.15. The van der Waals surface area contributed by atoms with Gasteiger partial charge in [-0.3, -0.25) is 0 Å². The van der Waals surface area contributed by atoms with E-state index in [0.717, 1.165) is 11.3 Å². The van der Waals surface area contributed by atoms with Crippen LogP contribution in [-0.2, 0) is 0 Å². The molecule has 0 saturated heterocycles. The van der Waals surface area contributed by atoms with Crippen LogP contribution in [0.25, 0.3) is 23.4 Å². The first-order chi connectivity index (χ1) is 12.5. The maximum Gasteiger partial charge on any atom is 0.387 e. The summed E-state index contributed by atoms with van der Waals surface area (Å²) in [6, 6.07) is 15.3. The van der Waals surface area contributed by atoms with Crippen molar-refractivity contribution >= 4 is 29.5 Å². The molecule has 0 aliphatic carbocycles. The van der Waals surface area contributed by atoms with Gasteiger partial charge in [0.1, 0.15) is 15.6 Å². The highest BCUT2D eigenvalue weighted by molar-refractivity contribution is 7.15. The smallest absolute Gasteiger partial charge is 0.387 e. The zero-order chi connectivity index (χ0) is 18.5. The van der Waals surface area contributed by atoms with E-state index in [4.69, 9.17) is 0 Å². The lowest BCUT2D eigenvalue weighted by Gasteiger charge is -2.06. The van der Waals surface area contributed by atoms with Crippen LogP contribution in [0.1, 0.15) is 20.2 Å². The number of hydrogen-bond acceptors (Lipinski definition) is 4. The van der Waals surface area contributed by atoms with E-state index in [2.05, 4.69) is 9.72 Å². The zero-order valence-corrected chi connectivity index (χ0v) is 14.1. The van der Waals surface area contributed by atoms with Crippen LogP contribution < -0.4 is 4.74 Å². The molecule has 3 aromatic rings. The molecular formula is C19H13F2NO3S. The number of nitrogens with zero attached hydrogens (tertiary/aromatic N) is 1. The van der Waals surface area contributed by atoms with E-state index in [1.807, 2.05) is 6.07 Å². The van der Waals surface area contributed by atoms with Crippen LogP contribution in [0, 0.1) is 0 Å². The third kappa shape index (κ3) is 4.12.